The molecule has 4 rings (SSSR count). The normalized spacial score (nSPS) is 15.8. The molecule has 3 nitrogen and oxygen atoms in total. The van der Waals surface area contributed by atoms with Crippen molar-refractivity contribution >= 4 is 5.91 Å². The lowest BCUT2D eigenvalue weighted by atomic mass is 9.82. The molecule has 1 N–H and O–H groups in total. The lowest BCUT2D eigenvalue weighted by Crippen LogP contribution is -2.30. The monoisotopic (exact) mass is 466 g/mol. The second-order valence-electron chi connectivity index (χ2n) is 9.22. The molecule has 178 valence electrons. The van der Waals surface area contributed by atoms with Crippen molar-refractivity contribution in [1.29, 1.82) is 0 Å². The van der Waals surface area contributed by atoms with Gasteiger partial charge in [-0.05, 0) is 85.4 Å². The molecule has 1 aliphatic carbocycles. The maximum absolute atomic E-state index is 12.8. The largest absolute Gasteiger partial charge is 0.416 e. The standard InChI is InChI=1S/C28H29F3N2O/c1-33(2)18-19-6-15-26-23(16-19)4-3-5-24(26)17-32-27(34)22-9-7-20(8-10-22)21-11-13-25(14-12-21)28(29,30)31/h6-16,24H,3-5,17-18H2,1-2H3,(H,32,34). The van der Waals surface area contributed by atoms with Gasteiger partial charge in [0, 0.05) is 24.6 Å². The molecule has 34 heavy (non-hydrogen) atoms. The molecule has 6 heteroatoms. The third-order valence-corrected chi connectivity index (χ3v) is 6.35. The number of fused-ring (bicyclic) bond motifs is 1. The van der Waals surface area contributed by atoms with Crippen LogP contribution in [0.2, 0.25) is 0 Å². The number of amides is 1. The summed E-state index contributed by atoms with van der Waals surface area (Å²) in [5.74, 6) is 0.155. The van der Waals surface area contributed by atoms with E-state index < -0.39 is 11.7 Å². The molecule has 0 fully saturated rings. The van der Waals surface area contributed by atoms with Crippen LogP contribution < -0.4 is 5.32 Å². The topological polar surface area (TPSA) is 32.3 Å². The summed E-state index contributed by atoms with van der Waals surface area (Å²) in [6.45, 7) is 1.50. The molecular formula is C28H29F3N2O. The van der Waals surface area contributed by atoms with Crippen LogP contribution in [-0.4, -0.2) is 31.4 Å². The van der Waals surface area contributed by atoms with Crippen molar-refractivity contribution in [2.45, 2.75) is 37.9 Å². The van der Waals surface area contributed by atoms with E-state index in [4.69, 9.17) is 0 Å². The van der Waals surface area contributed by atoms with Gasteiger partial charge >= 0.3 is 6.18 Å². The lowest BCUT2D eigenvalue weighted by molar-refractivity contribution is -0.137. The van der Waals surface area contributed by atoms with Gasteiger partial charge in [0.2, 0.25) is 0 Å². The quantitative estimate of drug-likeness (QED) is 0.463. The number of nitrogens with one attached hydrogen (secondary N) is 1. The molecule has 0 aliphatic heterocycles. The molecule has 0 heterocycles. The SMILES string of the molecule is CN(C)Cc1ccc2c(c1)CCCC2CNC(=O)c1ccc(-c2ccc(C(F)(F)F)cc2)cc1. The average Bonchev–Trinajstić information content (AvgIpc) is 2.81. The Bertz CT molecular complexity index is 1140. The molecule has 0 saturated carbocycles. The summed E-state index contributed by atoms with van der Waals surface area (Å²) >= 11 is 0. The molecule has 3 aromatic rings. The summed E-state index contributed by atoms with van der Waals surface area (Å²) in [5, 5.41) is 3.07. The number of aryl methyl sites for hydroxylation is 1. The predicted molar refractivity (Wildman–Crippen MR) is 129 cm³/mol. The van der Waals surface area contributed by atoms with Crippen LogP contribution in [0.1, 0.15) is 51.4 Å². The van der Waals surface area contributed by atoms with Crippen LogP contribution in [0.3, 0.4) is 0 Å². The summed E-state index contributed by atoms with van der Waals surface area (Å²) in [6.07, 6.45) is -1.12. The van der Waals surface area contributed by atoms with Crippen molar-refractivity contribution in [3.05, 3.63) is 94.5 Å². The minimum Gasteiger partial charge on any atom is -0.351 e. The van der Waals surface area contributed by atoms with Gasteiger partial charge in [0.25, 0.3) is 5.91 Å². The number of hydrogen-bond acceptors (Lipinski definition) is 2. The number of carbonyl (C=O) groups excluding carboxylic acids is 1. The van der Waals surface area contributed by atoms with E-state index in [9.17, 15) is 18.0 Å². The zero-order valence-electron chi connectivity index (χ0n) is 19.5. The maximum Gasteiger partial charge on any atom is 0.416 e. The van der Waals surface area contributed by atoms with Crippen LogP contribution in [0.4, 0.5) is 13.2 Å². The highest BCUT2D eigenvalue weighted by atomic mass is 19.4. The number of nitrogens with zero attached hydrogens (tertiary/aromatic N) is 1. The molecule has 1 amide bonds. The van der Waals surface area contributed by atoms with Crippen molar-refractivity contribution in [2.24, 2.45) is 0 Å². The zero-order valence-corrected chi connectivity index (χ0v) is 19.5. The predicted octanol–water partition coefficient (Wildman–Crippen LogP) is 6.28. The first-order valence-electron chi connectivity index (χ1n) is 11.5. The van der Waals surface area contributed by atoms with Crippen LogP contribution >= 0.6 is 0 Å². The van der Waals surface area contributed by atoms with E-state index in [0.717, 1.165) is 43.5 Å². The third-order valence-electron chi connectivity index (χ3n) is 6.35. The van der Waals surface area contributed by atoms with Crippen molar-refractivity contribution in [2.75, 3.05) is 20.6 Å². The number of hydrogen-bond donors (Lipinski definition) is 1. The molecule has 3 aromatic carbocycles. The van der Waals surface area contributed by atoms with Gasteiger partial charge in [-0.2, -0.15) is 13.2 Å². The van der Waals surface area contributed by atoms with E-state index >= 15 is 0 Å². The fourth-order valence-corrected chi connectivity index (χ4v) is 4.63. The number of halogens is 3. The Labute approximate surface area is 198 Å². The molecule has 1 unspecified atom stereocenters. The number of rotatable bonds is 6. The zero-order chi connectivity index (χ0) is 24.3. The Hall–Kier alpha value is -3.12. The molecule has 1 aliphatic rings. The van der Waals surface area contributed by atoms with Crippen molar-refractivity contribution in [3.63, 3.8) is 0 Å². The van der Waals surface area contributed by atoms with Crippen molar-refractivity contribution < 1.29 is 18.0 Å². The smallest absolute Gasteiger partial charge is 0.351 e. The maximum atomic E-state index is 12.8. The molecule has 0 radical (unpaired) electrons. The fourth-order valence-electron chi connectivity index (χ4n) is 4.63. The van der Waals surface area contributed by atoms with E-state index in [1.807, 2.05) is 0 Å². The first-order valence-corrected chi connectivity index (χ1v) is 11.5. The Morgan fingerprint density at radius 1 is 0.971 bits per heavy atom. The highest BCUT2D eigenvalue weighted by Gasteiger charge is 2.30. The average molecular weight is 467 g/mol. The van der Waals surface area contributed by atoms with Gasteiger partial charge in [-0.3, -0.25) is 4.79 Å². The summed E-state index contributed by atoms with van der Waals surface area (Å²) in [7, 11) is 4.13. The van der Waals surface area contributed by atoms with Crippen molar-refractivity contribution in [3.8, 4) is 11.1 Å². The Morgan fingerprint density at radius 3 is 2.24 bits per heavy atom. The molecule has 0 aromatic heterocycles. The Morgan fingerprint density at radius 2 is 1.62 bits per heavy atom. The third kappa shape index (κ3) is 5.68. The number of alkyl halides is 3. The Kier molecular flexibility index (Phi) is 7.08. The van der Waals surface area contributed by atoms with Crippen LogP contribution in [-0.2, 0) is 19.1 Å². The molecule has 1 atom stereocenters. The highest BCUT2D eigenvalue weighted by Crippen LogP contribution is 2.33. The highest BCUT2D eigenvalue weighted by molar-refractivity contribution is 5.94. The second-order valence-corrected chi connectivity index (χ2v) is 9.22. The first-order chi connectivity index (χ1) is 16.2. The lowest BCUT2D eigenvalue weighted by Gasteiger charge is -2.26. The van der Waals surface area contributed by atoms with Crippen LogP contribution in [0, 0.1) is 0 Å². The van der Waals surface area contributed by atoms with E-state index in [1.165, 1.54) is 28.8 Å². The van der Waals surface area contributed by atoms with E-state index in [0.29, 0.717) is 23.6 Å². The fraction of sp³-hybridized carbons (Fsp3) is 0.321. The van der Waals surface area contributed by atoms with Crippen LogP contribution in [0.5, 0.6) is 0 Å². The van der Waals surface area contributed by atoms with Gasteiger partial charge in [0.1, 0.15) is 0 Å². The number of carbonyl (C=O) groups is 1. The minimum absolute atomic E-state index is 0.143. The summed E-state index contributed by atoms with van der Waals surface area (Å²) in [6, 6.07) is 18.7. The molecule has 0 bridgehead atoms. The molecule has 0 saturated heterocycles. The summed E-state index contributed by atoms with van der Waals surface area (Å²) < 4.78 is 38.3. The van der Waals surface area contributed by atoms with E-state index in [-0.39, 0.29) is 5.91 Å². The van der Waals surface area contributed by atoms with Crippen molar-refractivity contribution in [1.82, 2.24) is 10.2 Å². The molecular weight excluding hydrogens is 437 g/mol. The summed E-state index contributed by atoms with van der Waals surface area (Å²) in [5.41, 5.74) is 5.31. The van der Waals surface area contributed by atoms with Crippen LogP contribution in [0.15, 0.2) is 66.7 Å². The van der Waals surface area contributed by atoms with Crippen LogP contribution in [0.25, 0.3) is 11.1 Å². The van der Waals surface area contributed by atoms with Gasteiger partial charge in [-0.15, -0.1) is 0 Å². The van der Waals surface area contributed by atoms with Gasteiger partial charge in [-0.1, -0.05) is 42.5 Å². The second kappa shape index (κ2) is 10.0. The van der Waals surface area contributed by atoms with Gasteiger partial charge in [-0.25, -0.2) is 0 Å². The number of benzene rings is 3. The van der Waals surface area contributed by atoms with Gasteiger partial charge in [0.05, 0.1) is 5.56 Å². The molecule has 0 spiro atoms. The first kappa shape index (κ1) is 24.0. The Balaban J connectivity index is 1.39. The summed E-state index contributed by atoms with van der Waals surface area (Å²) in [4.78, 5) is 14.9. The van der Waals surface area contributed by atoms with E-state index in [1.54, 1.807) is 24.3 Å². The minimum atomic E-state index is -4.35. The van der Waals surface area contributed by atoms with E-state index in [2.05, 4.69) is 42.5 Å². The van der Waals surface area contributed by atoms with Gasteiger partial charge in [0.15, 0.2) is 0 Å². The van der Waals surface area contributed by atoms with Gasteiger partial charge < -0.3 is 10.2 Å².